The Morgan fingerprint density at radius 3 is 2.33 bits per heavy atom. The molecule has 5 nitrogen and oxygen atoms in total. The fraction of sp³-hybridized carbons (Fsp3) is 1.00. The standard InChI is InChI=1S/C9H23N3O2S/c1-4-6-12(7-5-10)15(13,14)11-8-9(2)3/h9,11H,4-8,10H2,1-3H3. The number of nitrogens with one attached hydrogen (secondary N) is 1. The van der Waals surface area contributed by atoms with Crippen molar-refractivity contribution in [2.45, 2.75) is 27.2 Å². The largest absolute Gasteiger partial charge is 0.329 e. The third-order valence-electron chi connectivity index (χ3n) is 1.87. The molecular weight excluding hydrogens is 214 g/mol. The van der Waals surface area contributed by atoms with E-state index in [-0.39, 0.29) is 0 Å². The van der Waals surface area contributed by atoms with Gasteiger partial charge in [-0.2, -0.15) is 12.7 Å². The highest BCUT2D eigenvalue weighted by Crippen LogP contribution is 2.00. The van der Waals surface area contributed by atoms with Crippen molar-refractivity contribution in [2.75, 3.05) is 26.2 Å². The zero-order valence-corrected chi connectivity index (χ0v) is 10.7. The summed E-state index contributed by atoms with van der Waals surface area (Å²) in [6.45, 7) is 7.59. The molecule has 0 bridgehead atoms. The van der Waals surface area contributed by atoms with Gasteiger partial charge in [-0.3, -0.25) is 0 Å². The maximum atomic E-state index is 11.8. The zero-order chi connectivity index (χ0) is 11.9. The van der Waals surface area contributed by atoms with Gasteiger partial charge in [0.2, 0.25) is 0 Å². The van der Waals surface area contributed by atoms with Crippen molar-refractivity contribution in [1.29, 1.82) is 0 Å². The van der Waals surface area contributed by atoms with Crippen LogP contribution >= 0.6 is 0 Å². The maximum Gasteiger partial charge on any atom is 0.279 e. The summed E-state index contributed by atoms with van der Waals surface area (Å²) in [4.78, 5) is 0. The number of nitrogens with two attached hydrogens (primary N) is 1. The number of rotatable bonds is 8. The SMILES string of the molecule is CCCN(CCN)S(=O)(=O)NCC(C)C. The van der Waals surface area contributed by atoms with Crippen LogP contribution in [0.4, 0.5) is 0 Å². The van der Waals surface area contributed by atoms with Crippen LogP contribution in [0.2, 0.25) is 0 Å². The average molecular weight is 237 g/mol. The summed E-state index contributed by atoms with van der Waals surface area (Å²) >= 11 is 0. The molecule has 0 spiro atoms. The molecule has 0 aliphatic carbocycles. The quantitative estimate of drug-likeness (QED) is 0.631. The van der Waals surface area contributed by atoms with Crippen molar-refractivity contribution in [3.05, 3.63) is 0 Å². The Labute approximate surface area is 93.2 Å². The molecule has 0 rings (SSSR count). The molecular formula is C9H23N3O2S. The summed E-state index contributed by atoms with van der Waals surface area (Å²) in [5.74, 6) is 0.307. The first kappa shape index (κ1) is 14.8. The molecule has 0 saturated carbocycles. The fourth-order valence-electron chi connectivity index (χ4n) is 1.11. The second-order valence-corrected chi connectivity index (χ2v) is 5.69. The third-order valence-corrected chi connectivity index (χ3v) is 3.44. The lowest BCUT2D eigenvalue weighted by Crippen LogP contribution is -2.44. The second kappa shape index (κ2) is 7.16. The molecule has 0 unspecified atom stereocenters. The summed E-state index contributed by atoms with van der Waals surface area (Å²) in [5, 5.41) is 0. The van der Waals surface area contributed by atoms with Crippen molar-refractivity contribution in [3.8, 4) is 0 Å². The molecule has 0 radical (unpaired) electrons. The first-order valence-corrected chi connectivity index (χ1v) is 6.82. The van der Waals surface area contributed by atoms with Gasteiger partial charge in [0.15, 0.2) is 0 Å². The number of hydrogen-bond donors (Lipinski definition) is 2. The Morgan fingerprint density at radius 2 is 1.93 bits per heavy atom. The summed E-state index contributed by atoms with van der Waals surface area (Å²) in [6.07, 6.45) is 0.794. The Morgan fingerprint density at radius 1 is 1.33 bits per heavy atom. The first-order chi connectivity index (χ1) is 6.94. The Balaban J connectivity index is 4.35. The molecule has 0 aromatic carbocycles. The van der Waals surface area contributed by atoms with E-state index < -0.39 is 10.2 Å². The third kappa shape index (κ3) is 6.09. The summed E-state index contributed by atoms with van der Waals surface area (Å²) in [5.41, 5.74) is 5.38. The molecule has 15 heavy (non-hydrogen) atoms. The van der Waals surface area contributed by atoms with E-state index in [1.165, 1.54) is 4.31 Å². The Bertz CT molecular complexity index is 246. The first-order valence-electron chi connectivity index (χ1n) is 5.38. The van der Waals surface area contributed by atoms with Crippen LogP contribution in [0.25, 0.3) is 0 Å². The molecule has 0 atom stereocenters. The summed E-state index contributed by atoms with van der Waals surface area (Å²) in [6, 6.07) is 0. The van der Waals surface area contributed by atoms with Gasteiger partial charge < -0.3 is 5.73 Å². The van der Waals surface area contributed by atoms with Crippen LogP contribution in [0.15, 0.2) is 0 Å². The lowest BCUT2D eigenvalue weighted by Gasteiger charge is -2.21. The van der Waals surface area contributed by atoms with Crippen molar-refractivity contribution in [1.82, 2.24) is 9.03 Å². The molecule has 92 valence electrons. The molecule has 6 heteroatoms. The van der Waals surface area contributed by atoms with Crippen LogP contribution in [0.5, 0.6) is 0 Å². The normalized spacial score (nSPS) is 12.7. The van der Waals surface area contributed by atoms with E-state index in [1.54, 1.807) is 0 Å². The van der Waals surface area contributed by atoms with Crippen LogP contribution in [-0.4, -0.2) is 38.9 Å². The van der Waals surface area contributed by atoms with Gasteiger partial charge >= 0.3 is 0 Å². The molecule has 0 aromatic rings. The zero-order valence-electron chi connectivity index (χ0n) is 9.86. The highest BCUT2D eigenvalue weighted by atomic mass is 32.2. The van der Waals surface area contributed by atoms with Gasteiger partial charge in [0.25, 0.3) is 10.2 Å². The molecule has 0 aromatic heterocycles. The molecule has 0 saturated heterocycles. The minimum Gasteiger partial charge on any atom is -0.329 e. The molecule has 0 aliphatic rings. The van der Waals surface area contributed by atoms with Crippen LogP contribution in [0.3, 0.4) is 0 Å². The maximum absolute atomic E-state index is 11.8. The Kier molecular flexibility index (Phi) is 7.08. The number of nitrogens with zero attached hydrogens (tertiary/aromatic N) is 1. The van der Waals surface area contributed by atoms with Gasteiger partial charge in [0.1, 0.15) is 0 Å². The molecule has 0 amide bonds. The van der Waals surface area contributed by atoms with Crippen LogP contribution in [-0.2, 0) is 10.2 Å². The second-order valence-electron chi connectivity index (χ2n) is 3.94. The highest BCUT2D eigenvalue weighted by Gasteiger charge is 2.19. The van der Waals surface area contributed by atoms with Crippen molar-refractivity contribution >= 4 is 10.2 Å². The minimum absolute atomic E-state index is 0.307. The van der Waals surface area contributed by atoms with Crippen molar-refractivity contribution in [2.24, 2.45) is 11.7 Å². The van der Waals surface area contributed by atoms with E-state index in [2.05, 4.69) is 4.72 Å². The van der Waals surface area contributed by atoms with Gasteiger partial charge in [0, 0.05) is 26.2 Å². The van der Waals surface area contributed by atoms with Crippen molar-refractivity contribution in [3.63, 3.8) is 0 Å². The smallest absolute Gasteiger partial charge is 0.279 e. The van der Waals surface area contributed by atoms with Crippen LogP contribution < -0.4 is 10.5 Å². The van der Waals surface area contributed by atoms with Gasteiger partial charge in [0.05, 0.1) is 0 Å². The van der Waals surface area contributed by atoms with E-state index in [4.69, 9.17) is 5.73 Å². The molecule has 0 aliphatic heterocycles. The predicted molar refractivity (Wildman–Crippen MR) is 62.7 cm³/mol. The Hall–Kier alpha value is -0.170. The lowest BCUT2D eigenvalue weighted by atomic mass is 10.2. The van der Waals surface area contributed by atoms with Gasteiger partial charge in [-0.25, -0.2) is 4.72 Å². The average Bonchev–Trinajstić information content (AvgIpc) is 2.15. The summed E-state index contributed by atoms with van der Waals surface area (Å²) in [7, 11) is -3.34. The van der Waals surface area contributed by atoms with Gasteiger partial charge in [-0.15, -0.1) is 0 Å². The van der Waals surface area contributed by atoms with E-state index >= 15 is 0 Å². The predicted octanol–water partition coefficient (Wildman–Crippen LogP) is 0.148. The minimum atomic E-state index is -3.34. The van der Waals surface area contributed by atoms with Crippen LogP contribution in [0.1, 0.15) is 27.2 Å². The van der Waals surface area contributed by atoms with E-state index in [1.807, 2.05) is 20.8 Å². The highest BCUT2D eigenvalue weighted by molar-refractivity contribution is 7.87. The van der Waals surface area contributed by atoms with Gasteiger partial charge in [-0.05, 0) is 12.3 Å². The fourth-order valence-corrected chi connectivity index (χ4v) is 2.60. The van der Waals surface area contributed by atoms with Gasteiger partial charge in [-0.1, -0.05) is 20.8 Å². The number of hydrogen-bond acceptors (Lipinski definition) is 3. The van der Waals surface area contributed by atoms with E-state index in [0.29, 0.717) is 32.1 Å². The topological polar surface area (TPSA) is 75.4 Å². The van der Waals surface area contributed by atoms with E-state index in [9.17, 15) is 8.42 Å². The van der Waals surface area contributed by atoms with E-state index in [0.717, 1.165) is 6.42 Å². The monoisotopic (exact) mass is 237 g/mol. The van der Waals surface area contributed by atoms with Crippen molar-refractivity contribution < 1.29 is 8.42 Å². The lowest BCUT2D eigenvalue weighted by molar-refractivity contribution is 0.406. The summed E-state index contributed by atoms with van der Waals surface area (Å²) < 4.78 is 27.5. The molecule has 3 N–H and O–H groups in total. The van der Waals surface area contributed by atoms with Crippen LogP contribution in [0, 0.1) is 5.92 Å². The molecule has 0 fully saturated rings. The molecule has 0 heterocycles.